The Bertz CT molecular complexity index is 161. The summed E-state index contributed by atoms with van der Waals surface area (Å²) >= 11 is 0. The van der Waals surface area contributed by atoms with E-state index >= 15 is 0 Å². The zero-order chi connectivity index (χ0) is 7.82. The number of aliphatic imine (C=N–C) groups is 2. The predicted molar refractivity (Wildman–Crippen MR) is 40.1 cm³/mol. The van der Waals surface area contributed by atoms with Gasteiger partial charge in [-0.1, -0.05) is 0 Å². The molecule has 0 unspecified atom stereocenters. The largest absolute Gasteiger partial charge is 0.368 e. The molecule has 0 rings (SSSR count). The highest BCUT2D eigenvalue weighted by Crippen LogP contribution is 1.67. The van der Waals surface area contributed by atoms with Crippen LogP contribution in [0.1, 0.15) is 0 Å². The van der Waals surface area contributed by atoms with Crippen LogP contribution in [0.25, 0.3) is 0 Å². The summed E-state index contributed by atoms with van der Waals surface area (Å²) in [5.74, 6) is 0.197. The maximum atomic E-state index is 8.03. The van der Waals surface area contributed by atoms with Crippen molar-refractivity contribution in [2.45, 2.75) is 0 Å². The number of hydrogen-bond acceptors (Lipinski definition) is 3. The van der Waals surface area contributed by atoms with E-state index in [4.69, 9.17) is 10.9 Å². The molecule has 0 saturated heterocycles. The molecule has 0 fully saturated rings. The number of nitrogens with one attached hydrogen (secondary N) is 1. The fraction of sp³-hybridized carbons (Fsp3) is 0.200. The van der Waals surface area contributed by atoms with Gasteiger partial charge in [0, 0.05) is 19.5 Å². The van der Waals surface area contributed by atoms with Gasteiger partial charge in [-0.05, 0) is 6.08 Å². The predicted octanol–water partition coefficient (Wildman–Crippen LogP) is -0.506. The molecule has 0 heterocycles. The monoisotopic (exact) mass is 142 g/mol. The van der Waals surface area contributed by atoms with E-state index in [0.717, 1.165) is 0 Å². The van der Waals surface area contributed by atoms with Gasteiger partial charge in [-0.25, -0.2) is 4.99 Å². The zero-order valence-electron chi connectivity index (χ0n) is 5.65. The van der Waals surface area contributed by atoms with Crippen molar-refractivity contribution in [3.63, 3.8) is 0 Å². The Hall–Kier alpha value is -1.36. The third kappa shape index (κ3) is 4.79. The van der Waals surface area contributed by atoms with Gasteiger partial charge < -0.3 is 5.73 Å². The minimum absolute atomic E-state index is 0.197. The van der Waals surface area contributed by atoms with Crippen molar-refractivity contribution >= 4 is 12.2 Å². The molecule has 0 radical (unpaired) electrons. The van der Waals surface area contributed by atoms with Crippen LogP contribution in [0.2, 0.25) is 0 Å². The SMILES string of the molecule is CN=C(N)/N=C/C=C/NO. The van der Waals surface area contributed by atoms with Crippen molar-refractivity contribution in [1.82, 2.24) is 5.48 Å². The number of nitrogens with two attached hydrogens (primary N) is 1. The Morgan fingerprint density at radius 3 is 2.90 bits per heavy atom. The molecule has 10 heavy (non-hydrogen) atoms. The van der Waals surface area contributed by atoms with Crippen LogP contribution in [0.15, 0.2) is 22.3 Å². The number of hydrogen-bond donors (Lipinski definition) is 3. The van der Waals surface area contributed by atoms with Crippen LogP contribution >= 0.6 is 0 Å². The second-order valence-corrected chi connectivity index (χ2v) is 1.35. The molecule has 0 atom stereocenters. The van der Waals surface area contributed by atoms with Gasteiger partial charge in [-0.15, -0.1) is 0 Å². The average Bonchev–Trinajstić information content (AvgIpc) is 1.98. The lowest BCUT2D eigenvalue weighted by Crippen LogP contribution is -2.07. The summed E-state index contributed by atoms with van der Waals surface area (Å²) in [6.07, 6.45) is 4.19. The normalized spacial score (nSPS) is 13.2. The summed E-state index contributed by atoms with van der Waals surface area (Å²) in [6, 6.07) is 0. The molecule has 0 aromatic heterocycles. The molecule has 0 aliphatic heterocycles. The highest BCUT2D eigenvalue weighted by Gasteiger charge is 1.75. The molecule has 0 spiro atoms. The molecular formula is C5H10N4O. The minimum Gasteiger partial charge on any atom is -0.368 e. The Morgan fingerprint density at radius 2 is 2.40 bits per heavy atom. The number of guanidine groups is 1. The molecule has 0 saturated carbocycles. The summed E-state index contributed by atoms with van der Waals surface area (Å²) in [5, 5.41) is 8.03. The van der Waals surface area contributed by atoms with Gasteiger partial charge >= 0.3 is 0 Å². The average molecular weight is 142 g/mol. The summed E-state index contributed by atoms with van der Waals surface area (Å²) in [7, 11) is 1.54. The molecule has 0 aliphatic rings. The molecular weight excluding hydrogens is 132 g/mol. The van der Waals surface area contributed by atoms with Gasteiger partial charge in [0.15, 0.2) is 0 Å². The Kier molecular flexibility index (Phi) is 4.99. The second kappa shape index (κ2) is 5.77. The molecule has 0 aliphatic carbocycles. The van der Waals surface area contributed by atoms with Crippen molar-refractivity contribution < 1.29 is 5.21 Å². The van der Waals surface area contributed by atoms with Crippen LogP contribution < -0.4 is 11.2 Å². The van der Waals surface area contributed by atoms with Crippen molar-refractivity contribution in [1.29, 1.82) is 0 Å². The Labute approximate surface area is 58.9 Å². The quantitative estimate of drug-likeness (QED) is 0.276. The minimum atomic E-state index is 0.197. The molecule has 56 valence electrons. The summed E-state index contributed by atoms with van der Waals surface area (Å²) in [4.78, 5) is 7.21. The van der Waals surface area contributed by atoms with Crippen LogP contribution in [0.3, 0.4) is 0 Å². The van der Waals surface area contributed by atoms with E-state index in [1.165, 1.54) is 18.5 Å². The molecule has 5 heteroatoms. The van der Waals surface area contributed by atoms with E-state index in [1.54, 1.807) is 12.5 Å². The van der Waals surface area contributed by atoms with Gasteiger partial charge in [-0.2, -0.15) is 0 Å². The fourth-order valence-corrected chi connectivity index (χ4v) is 0.263. The van der Waals surface area contributed by atoms with E-state index in [-0.39, 0.29) is 5.96 Å². The highest BCUT2D eigenvalue weighted by atomic mass is 16.5. The Balaban J connectivity index is 3.66. The second-order valence-electron chi connectivity index (χ2n) is 1.35. The van der Waals surface area contributed by atoms with Gasteiger partial charge in [-0.3, -0.25) is 15.7 Å². The number of rotatable bonds is 2. The van der Waals surface area contributed by atoms with Crippen LogP contribution in [0, 0.1) is 0 Å². The van der Waals surface area contributed by atoms with Crippen LogP contribution in [-0.4, -0.2) is 24.4 Å². The van der Waals surface area contributed by atoms with Crippen LogP contribution in [0.4, 0.5) is 0 Å². The molecule has 4 N–H and O–H groups in total. The van der Waals surface area contributed by atoms with Gasteiger partial charge in [0.2, 0.25) is 5.96 Å². The summed E-state index contributed by atoms with van der Waals surface area (Å²) < 4.78 is 0. The smallest absolute Gasteiger partial charge is 0.214 e. The maximum Gasteiger partial charge on any atom is 0.214 e. The summed E-state index contributed by atoms with van der Waals surface area (Å²) in [6.45, 7) is 0. The van der Waals surface area contributed by atoms with Crippen LogP contribution in [-0.2, 0) is 0 Å². The number of nitrogens with zero attached hydrogens (tertiary/aromatic N) is 2. The topological polar surface area (TPSA) is 83.0 Å². The zero-order valence-corrected chi connectivity index (χ0v) is 5.65. The molecule has 0 amide bonds. The lowest BCUT2D eigenvalue weighted by atomic mass is 10.7. The highest BCUT2D eigenvalue weighted by molar-refractivity contribution is 5.89. The van der Waals surface area contributed by atoms with Gasteiger partial charge in [0.25, 0.3) is 0 Å². The van der Waals surface area contributed by atoms with E-state index < -0.39 is 0 Å². The summed E-state index contributed by atoms with van der Waals surface area (Å²) in [5.41, 5.74) is 7.00. The van der Waals surface area contributed by atoms with Crippen molar-refractivity contribution in [3.05, 3.63) is 12.3 Å². The van der Waals surface area contributed by atoms with Gasteiger partial charge in [0.1, 0.15) is 0 Å². The first kappa shape index (κ1) is 8.64. The molecule has 0 aromatic rings. The van der Waals surface area contributed by atoms with Crippen molar-refractivity contribution in [2.24, 2.45) is 15.7 Å². The first-order valence-corrected chi connectivity index (χ1v) is 2.62. The maximum absolute atomic E-state index is 8.03. The van der Waals surface area contributed by atoms with E-state index in [0.29, 0.717) is 0 Å². The fourth-order valence-electron chi connectivity index (χ4n) is 0.263. The third-order valence-electron chi connectivity index (χ3n) is 0.693. The third-order valence-corrected chi connectivity index (χ3v) is 0.693. The molecule has 0 aromatic carbocycles. The standard InChI is InChI=1S/C5H10N4O/c1-7-5(6)8-3-2-4-9-10/h2-4,9-10H,1H3,(H2,6,7)/b4-2+,8-3+. The van der Waals surface area contributed by atoms with Crippen molar-refractivity contribution in [3.8, 4) is 0 Å². The van der Waals surface area contributed by atoms with E-state index in [9.17, 15) is 0 Å². The number of allylic oxidation sites excluding steroid dienone is 1. The van der Waals surface area contributed by atoms with Crippen molar-refractivity contribution in [2.75, 3.05) is 7.05 Å². The molecule has 5 nitrogen and oxygen atoms in total. The van der Waals surface area contributed by atoms with E-state index in [1.807, 2.05) is 0 Å². The Morgan fingerprint density at radius 1 is 1.70 bits per heavy atom. The first-order chi connectivity index (χ1) is 4.81. The number of hydroxylamine groups is 1. The lowest BCUT2D eigenvalue weighted by molar-refractivity contribution is 0.214. The van der Waals surface area contributed by atoms with Crippen LogP contribution in [0.5, 0.6) is 0 Å². The molecule has 0 bridgehead atoms. The first-order valence-electron chi connectivity index (χ1n) is 2.62. The lowest BCUT2D eigenvalue weighted by Gasteiger charge is -1.84. The van der Waals surface area contributed by atoms with E-state index in [2.05, 4.69) is 9.98 Å². The van der Waals surface area contributed by atoms with Gasteiger partial charge in [0.05, 0.1) is 0 Å².